The Morgan fingerprint density at radius 3 is 2.57 bits per heavy atom. The number of rotatable bonds is 3. The number of fused-ring (bicyclic) bond motifs is 1. The molecule has 1 N–H and O–H groups in total. The fraction of sp³-hybridized carbons (Fsp3) is 0.263. The van der Waals surface area contributed by atoms with Crippen LogP contribution in [0.3, 0.4) is 0 Å². The molecule has 1 saturated heterocycles. The molecule has 1 fully saturated rings. The molecule has 2 heteroatoms. The van der Waals surface area contributed by atoms with Gasteiger partial charge in [-0.05, 0) is 42.5 Å². The highest BCUT2D eigenvalue weighted by Gasteiger charge is 2.36. The van der Waals surface area contributed by atoms with E-state index in [1.807, 2.05) is 0 Å². The molecule has 2 heterocycles. The highest BCUT2D eigenvalue weighted by molar-refractivity contribution is 5.80. The van der Waals surface area contributed by atoms with Gasteiger partial charge in [0.05, 0.1) is 5.54 Å². The first-order chi connectivity index (χ1) is 10.4. The maximum atomic E-state index is 3.57. The van der Waals surface area contributed by atoms with Gasteiger partial charge in [0.2, 0.25) is 0 Å². The van der Waals surface area contributed by atoms with Crippen molar-refractivity contribution in [2.24, 2.45) is 0 Å². The first kappa shape index (κ1) is 12.7. The summed E-state index contributed by atoms with van der Waals surface area (Å²) in [6, 6.07) is 21.8. The smallest absolute Gasteiger partial charge is 0.0622 e. The number of hydrogen-bond donors (Lipinski definition) is 1. The van der Waals surface area contributed by atoms with E-state index in [0.717, 1.165) is 19.5 Å². The van der Waals surface area contributed by atoms with Gasteiger partial charge in [-0.2, -0.15) is 0 Å². The Hall–Kier alpha value is -2.06. The Kier molecular flexibility index (Phi) is 3.04. The van der Waals surface area contributed by atoms with E-state index in [-0.39, 0.29) is 5.54 Å². The first-order valence-corrected chi connectivity index (χ1v) is 7.69. The van der Waals surface area contributed by atoms with E-state index in [0.29, 0.717) is 0 Å². The van der Waals surface area contributed by atoms with Crippen LogP contribution in [0.4, 0.5) is 0 Å². The van der Waals surface area contributed by atoms with Gasteiger partial charge in [-0.25, -0.2) is 0 Å². The van der Waals surface area contributed by atoms with E-state index >= 15 is 0 Å². The molecule has 0 radical (unpaired) electrons. The van der Waals surface area contributed by atoms with Crippen molar-refractivity contribution < 1.29 is 0 Å². The Morgan fingerprint density at radius 1 is 0.952 bits per heavy atom. The van der Waals surface area contributed by atoms with Crippen LogP contribution in [-0.4, -0.2) is 17.7 Å². The van der Waals surface area contributed by atoms with E-state index in [2.05, 4.69) is 76.7 Å². The normalized spacial score (nSPS) is 21.9. The molecule has 0 saturated carbocycles. The van der Waals surface area contributed by atoms with Crippen molar-refractivity contribution in [2.75, 3.05) is 13.1 Å². The monoisotopic (exact) mass is 276 g/mol. The fourth-order valence-corrected chi connectivity index (χ4v) is 3.64. The zero-order valence-electron chi connectivity index (χ0n) is 12.1. The highest BCUT2D eigenvalue weighted by Crippen LogP contribution is 2.33. The van der Waals surface area contributed by atoms with E-state index in [4.69, 9.17) is 0 Å². The summed E-state index contributed by atoms with van der Waals surface area (Å²) in [5, 5.41) is 4.90. The van der Waals surface area contributed by atoms with Gasteiger partial charge < -0.3 is 9.88 Å². The lowest BCUT2D eigenvalue weighted by molar-refractivity contribution is 0.325. The molecule has 1 aromatic heterocycles. The van der Waals surface area contributed by atoms with Crippen LogP contribution in [0.15, 0.2) is 66.9 Å². The van der Waals surface area contributed by atoms with Crippen molar-refractivity contribution in [3.63, 3.8) is 0 Å². The second-order valence-corrected chi connectivity index (χ2v) is 6.06. The third kappa shape index (κ3) is 2.16. The summed E-state index contributed by atoms with van der Waals surface area (Å²) in [5.74, 6) is 0. The minimum atomic E-state index is 0.157. The Labute approximate surface area is 125 Å². The van der Waals surface area contributed by atoms with E-state index in [1.165, 1.54) is 22.9 Å². The van der Waals surface area contributed by atoms with Gasteiger partial charge in [0, 0.05) is 18.3 Å². The second-order valence-electron chi connectivity index (χ2n) is 6.06. The molecule has 0 amide bonds. The van der Waals surface area contributed by atoms with Crippen molar-refractivity contribution in [2.45, 2.75) is 18.4 Å². The molecule has 1 unspecified atom stereocenters. The van der Waals surface area contributed by atoms with Crippen LogP contribution in [-0.2, 0) is 12.0 Å². The third-order valence-corrected chi connectivity index (χ3v) is 4.71. The number of para-hydroxylation sites is 1. The minimum Gasteiger partial charge on any atom is -0.340 e. The summed E-state index contributed by atoms with van der Waals surface area (Å²) in [4.78, 5) is 0. The molecule has 0 aliphatic carbocycles. The Morgan fingerprint density at radius 2 is 1.76 bits per heavy atom. The molecular weight excluding hydrogens is 256 g/mol. The molecule has 1 atom stereocenters. The number of nitrogens with zero attached hydrogens (tertiary/aromatic N) is 1. The van der Waals surface area contributed by atoms with Gasteiger partial charge in [0.1, 0.15) is 0 Å². The standard InChI is InChI=1S/C19H20N2/c1-2-6-16(7-3-1)14-19(11-12-20-15-19)21-13-10-17-8-4-5-9-18(17)21/h1-10,13,20H,11-12,14-15H2. The van der Waals surface area contributed by atoms with Crippen LogP contribution < -0.4 is 5.32 Å². The van der Waals surface area contributed by atoms with Gasteiger partial charge in [-0.3, -0.25) is 0 Å². The van der Waals surface area contributed by atoms with Crippen molar-refractivity contribution in [1.29, 1.82) is 0 Å². The van der Waals surface area contributed by atoms with Crippen LogP contribution in [0.25, 0.3) is 10.9 Å². The zero-order valence-corrected chi connectivity index (χ0v) is 12.1. The third-order valence-electron chi connectivity index (χ3n) is 4.71. The number of benzene rings is 2. The summed E-state index contributed by atoms with van der Waals surface area (Å²) in [6.07, 6.45) is 4.53. The Bertz CT molecular complexity index is 736. The van der Waals surface area contributed by atoms with Crippen molar-refractivity contribution in [3.8, 4) is 0 Å². The number of aromatic nitrogens is 1. The molecule has 4 rings (SSSR count). The molecule has 3 aromatic rings. The van der Waals surface area contributed by atoms with Crippen molar-refractivity contribution in [1.82, 2.24) is 9.88 Å². The summed E-state index contributed by atoms with van der Waals surface area (Å²) < 4.78 is 2.50. The van der Waals surface area contributed by atoms with E-state index < -0.39 is 0 Å². The van der Waals surface area contributed by atoms with Crippen LogP contribution in [0.5, 0.6) is 0 Å². The van der Waals surface area contributed by atoms with E-state index in [9.17, 15) is 0 Å². The molecule has 2 nitrogen and oxygen atoms in total. The predicted molar refractivity (Wildman–Crippen MR) is 87.5 cm³/mol. The topological polar surface area (TPSA) is 17.0 Å². The lowest BCUT2D eigenvalue weighted by atomic mass is 9.89. The van der Waals surface area contributed by atoms with Gasteiger partial charge in [0.15, 0.2) is 0 Å². The molecule has 106 valence electrons. The first-order valence-electron chi connectivity index (χ1n) is 7.69. The minimum absolute atomic E-state index is 0.157. The molecule has 21 heavy (non-hydrogen) atoms. The zero-order chi connectivity index (χ0) is 14.1. The maximum absolute atomic E-state index is 3.57. The number of nitrogens with one attached hydrogen (secondary N) is 1. The van der Waals surface area contributed by atoms with Gasteiger partial charge in [0.25, 0.3) is 0 Å². The van der Waals surface area contributed by atoms with Crippen LogP contribution >= 0.6 is 0 Å². The van der Waals surface area contributed by atoms with Crippen LogP contribution in [0.2, 0.25) is 0 Å². The van der Waals surface area contributed by atoms with Gasteiger partial charge >= 0.3 is 0 Å². The second kappa shape index (κ2) is 5.05. The fourth-order valence-electron chi connectivity index (χ4n) is 3.64. The SMILES string of the molecule is c1ccc(CC2(n3ccc4ccccc43)CCNC2)cc1. The highest BCUT2D eigenvalue weighted by atomic mass is 15.1. The quantitative estimate of drug-likeness (QED) is 0.774. The molecule has 1 aliphatic rings. The molecule has 1 aliphatic heterocycles. The largest absolute Gasteiger partial charge is 0.340 e. The average Bonchev–Trinajstić information content (AvgIpc) is 3.15. The van der Waals surface area contributed by atoms with Gasteiger partial charge in [-0.15, -0.1) is 0 Å². The molecule has 0 bridgehead atoms. The number of hydrogen-bond acceptors (Lipinski definition) is 1. The molecule has 2 aromatic carbocycles. The Balaban J connectivity index is 1.80. The molecule has 0 spiro atoms. The summed E-state index contributed by atoms with van der Waals surface area (Å²) in [6.45, 7) is 2.14. The van der Waals surface area contributed by atoms with Crippen molar-refractivity contribution in [3.05, 3.63) is 72.4 Å². The van der Waals surface area contributed by atoms with Crippen LogP contribution in [0, 0.1) is 0 Å². The lowest BCUT2D eigenvalue weighted by Crippen LogP contribution is -2.37. The van der Waals surface area contributed by atoms with Gasteiger partial charge in [-0.1, -0.05) is 48.5 Å². The molecular formula is C19H20N2. The summed E-state index contributed by atoms with van der Waals surface area (Å²) in [5.41, 5.74) is 2.92. The summed E-state index contributed by atoms with van der Waals surface area (Å²) >= 11 is 0. The maximum Gasteiger partial charge on any atom is 0.0622 e. The summed E-state index contributed by atoms with van der Waals surface area (Å²) in [7, 11) is 0. The van der Waals surface area contributed by atoms with E-state index in [1.54, 1.807) is 0 Å². The predicted octanol–water partition coefficient (Wildman–Crippen LogP) is 3.57. The van der Waals surface area contributed by atoms with Crippen LogP contribution in [0.1, 0.15) is 12.0 Å². The average molecular weight is 276 g/mol. The van der Waals surface area contributed by atoms with Crippen molar-refractivity contribution >= 4 is 10.9 Å². The lowest BCUT2D eigenvalue weighted by Gasteiger charge is -2.32.